The highest BCUT2D eigenvalue weighted by Gasteiger charge is 1.97. The summed E-state index contributed by atoms with van der Waals surface area (Å²) in [5.41, 5.74) is 10.3. The van der Waals surface area contributed by atoms with Gasteiger partial charge in [-0.05, 0) is 68.8 Å². The predicted molar refractivity (Wildman–Crippen MR) is 143 cm³/mol. The summed E-state index contributed by atoms with van der Waals surface area (Å²) in [6, 6.07) is 17.7. The summed E-state index contributed by atoms with van der Waals surface area (Å²) in [5.74, 6) is 1.77. The zero-order valence-corrected chi connectivity index (χ0v) is 21.4. The van der Waals surface area contributed by atoms with Crippen molar-refractivity contribution in [3.05, 3.63) is 73.2 Å². The third kappa shape index (κ3) is 18.4. The van der Waals surface area contributed by atoms with Crippen LogP contribution in [0.25, 0.3) is 0 Å². The zero-order chi connectivity index (χ0) is 23.0. The molecular formula is C20H29N5OS5. The van der Waals surface area contributed by atoms with Gasteiger partial charge < -0.3 is 16.6 Å². The lowest BCUT2D eigenvalue weighted by Crippen LogP contribution is -1.99. The Hall–Kier alpha value is -0.920. The minimum absolute atomic E-state index is 0.684. The van der Waals surface area contributed by atoms with Gasteiger partial charge in [0, 0.05) is 50.3 Å². The van der Waals surface area contributed by atoms with Crippen LogP contribution in [-0.2, 0) is 0 Å². The Kier molecular flexibility index (Phi) is 23.0. The molecule has 0 saturated carbocycles. The fourth-order valence-corrected chi connectivity index (χ4v) is 4.91. The van der Waals surface area contributed by atoms with E-state index in [4.69, 9.17) is 16.6 Å². The minimum Gasteiger partial charge on any atom is -0.400 e. The van der Waals surface area contributed by atoms with Crippen LogP contribution < -0.4 is 11.5 Å². The van der Waals surface area contributed by atoms with Crippen LogP contribution in [0, 0.1) is 0 Å². The summed E-state index contributed by atoms with van der Waals surface area (Å²) >= 11 is 3.80. The first-order valence-electron chi connectivity index (χ1n) is 9.13. The summed E-state index contributed by atoms with van der Waals surface area (Å²) in [5, 5.41) is 10.1. The Morgan fingerprint density at radius 1 is 0.710 bits per heavy atom. The molecule has 5 N–H and O–H groups in total. The molecule has 0 spiro atoms. The molecule has 0 aliphatic carbocycles. The molecular weight excluding hydrogens is 487 g/mol. The molecule has 6 nitrogen and oxygen atoms in total. The summed E-state index contributed by atoms with van der Waals surface area (Å²) in [6.07, 6.45) is 5.38. The van der Waals surface area contributed by atoms with Gasteiger partial charge in [-0.2, -0.15) is 12.6 Å². The van der Waals surface area contributed by atoms with E-state index < -0.39 is 0 Å². The molecule has 3 heterocycles. The molecule has 0 unspecified atom stereocenters. The minimum atomic E-state index is 0.684. The van der Waals surface area contributed by atoms with Crippen LogP contribution in [0.1, 0.15) is 0 Å². The maximum absolute atomic E-state index is 7.00. The molecule has 3 rings (SSSR count). The molecule has 3 aromatic rings. The average Bonchev–Trinajstić information content (AvgIpc) is 2.87. The van der Waals surface area contributed by atoms with E-state index in [1.54, 1.807) is 61.8 Å². The van der Waals surface area contributed by atoms with Gasteiger partial charge >= 0.3 is 0 Å². The van der Waals surface area contributed by atoms with Crippen molar-refractivity contribution in [1.29, 1.82) is 0 Å². The third-order valence-corrected chi connectivity index (χ3v) is 7.34. The molecule has 0 atom stereocenters. The van der Waals surface area contributed by atoms with E-state index in [1.165, 1.54) is 0 Å². The second kappa shape index (κ2) is 23.7. The summed E-state index contributed by atoms with van der Waals surface area (Å²) in [7, 11) is 7.64. The molecule has 31 heavy (non-hydrogen) atoms. The summed E-state index contributed by atoms with van der Waals surface area (Å²) in [6.45, 7) is 1.41. The molecule has 0 saturated heterocycles. The number of rotatable bonds is 8. The maximum atomic E-state index is 7.00. The van der Waals surface area contributed by atoms with Crippen LogP contribution in [0.2, 0.25) is 0 Å². The van der Waals surface area contributed by atoms with E-state index in [0.717, 1.165) is 40.2 Å². The molecule has 3 aromatic heterocycles. The smallest absolute Gasteiger partial charge is 0.107 e. The molecule has 0 aliphatic heterocycles. The van der Waals surface area contributed by atoms with Gasteiger partial charge in [0.2, 0.25) is 0 Å². The van der Waals surface area contributed by atoms with E-state index >= 15 is 0 Å². The molecule has 0 bridgehead atoms. The number of thiol groups is 1. The van der Waals surface area contributed by atoms with Crippen LogP contribution in [-0.4, -0.2) is 51.8 Å². The highest BCUT2D eigenvalue weighted by atomic mass is 33.1. The Morgan fingerprint density at radius 3 is 1.39 bits per heavy atom. The lowest BCUT2D eigenvalue weighted by atomic mass is 10.5. The predicted octanol–water partition coefficient (Wildman–Crippen LogP) is 4.54. The number of aliphatic hydroxyl groups is 1. The molecule has 0 amide bonds. The van der Waals surface area contributed by atoms with Crippen molar-refractivity contribution in [2.24, 2.45) is 11.5 Å². The Bertz CT molecular complexity index is 688. The Labute approximate surface area is 206 Å². The van der Waals surface area contributed by atoms with E-state index in [9.17, 15) is 0 Å². The van der Waals surface area contributed by atoms with Crippen molar-refractivity contribution >= 4 is 55.8 Å². The SMILES string of the molecule is CO.NCCS.NCCSSc1ccccn1.c1ccc(SSc2ccccn2)nc1. The Balaban J connectivity index is 0.000000473. The summed E-state index contributed by atoms with van der Waals surface area (Å²) < 4.78 is 0. The van der Waals surface area contributed by atoms with Crippen LogP contribution in [0.3, 0.4) is 0 Å². The normalized spacial score (nSPS) is 9.19. The van der Waals surface area contributed by atoms with Crippen molar-refractivity contribution in [3.63, 3.8) is 0 Å². The molecule has 0 fully saturated rings. The molecule has 11 heteroatoms. The number of pyridine rings is 3. The number of nitrogens with two attached hydrogens (primary N) is 2. The molecule has 0 aliphatic rings. The fourth-order valence-electron chi connectivity index (χ4n) is 1.42. The third-order valence-electron chi connectivity index (χ3n) is 2.60. The van der Waals surface area contributed by atoms with Gasteiger partial charge in [-0.3, -0.25) is 0 Å². The van der Waals surface area contributed by atoms with Crippen molar-refractivity contribution < 1.29 is 5.11 Å². The first-order valence-corrected chi connectivity index (χ1v) is 14.2. The average molecular weight is 516 g/mol. The van der Waals surface area contributed by atoms with Crippen molar-refractivity contribution in [2.75, 3.05) is 31.7 Å². The molecule has 170 valence electrons. The van der Waals surface area contributed by atoms with Gasteiger partial charge in [-0.15, -0.1) is 0 Å². The van der Waals surface area contributed by atoms with Gasteiger partial charge in [0.1, 0.15) is 15.1 Å². The lowest BCUT2D eigenvalue weighted by Gasteiger charge is -1.97. The first-order chi connectivity index (χ1) is 15.3. The van der Waals surface area contributed by atoms with Crippen LogP contribution in [0.4, 0.5) is 0 Å². The first kappa shape index (κ1) is 30.1. The zero-order valence-electron chi connectivity index (χ0n) is 17.3. The maximum Gasteiger partial charge on any atom is 0.107 e. The van der Waals surface area contributed by atoms with E-state index in [1.807, 2.05) is 54.6 Å². The number of hydrogen-bond acceptors (Lipinski definition) is 11. The Morgan fingerprint density at radius 2 is 1.10 bits per heavy atom. The monoisotopic (exact) mass is 515 g/mol. The van der Waals surface area contributed by atoms with Crippen molar-refractivity contribution in [3.8, 4) is 0 Å². The summed E-state index contributed by atoms with van der Waals surface area (Å²) in [4.78, 5) is 12.6. The number of aromatic nitrogens is 3. The van der Waals surface area contributed by atoms with Crippen LogP contribution >= 0.6 is 55.8 Å². The largest absolute Gasteiger partial charge is 0.400 e. The van der Waals surface area contributed by atoms with Crippen molar-refractivity contribution in [1.82, 2.24) is 15.0 Å². The van der Waals surface area contributed by atoms with Gasteiger partial charge in [-0.25, -0.2) is 15.0 Å². The molecule has 0 aromatic carbocycles. The quantitative estimate of drug-likeness (QED) is 0.194. The van der Waals surface area contributed by atoms with Crippen molar-refractivity contribution in [2.45, 2.75) is 15.1 Å². The fraction of sp³-hybridized carbons (Fsp3) is 0.250. The van der Waals surface area contributed by atoms with Crippen LogP contribution in [0.5, 0.6) is 0 Å². The van der Waals surface area contributed by atoms with Gasteiger partial charge in [0.05, 0.1) is 0 Å². The highest BCUT2D eigenvalue weighted by Crippen LogP contribution is 2.34. The second-order valence-corrected chi connectivity index (χ2v) is 9.93. The second-order valence-electron chi connectivity index (χ2n) is 4.88. The number of aliphatic hydroxyl groups excluding tert-OH is 1. The van der Waals surface area contributed by atoms with Crippen LogP contribution in [0.15, 0.2) is 88.3 Å². The van der Waals surface area contributed by atoms with Gasteiger partial charge in [0.25, 0.3) is 0 Å². The van der Waals surface area contributed by atoms with E-state index in [2.05, 4.69) is 27.6 Å². The lowest BCUT2D eigenvalue weighted by molar-refractivity contribution is 0.399. The van der Waals surface area contributed by atoms with Gasteiger partial charge in [0.15, 0.2) is 0 Å². The standard InChI is InChI=1S/C10H8N2S2.C7H10N2S2.C2H7NS.CH4O/c1-3-7-11-9(5-1)13-14-10-6-2-4-8-12-10;8-4-6-10-11-7-3-1-2-5-9-7;3-1-2-4;1-2/h1-8H;1-3,5H,4,6,8H2;4H,1-3H2;2H,1H3. The van der Waals surface area contributed by atoms with Gasteiger partial charge in [-0.1, -0.05) is 29.0 Å². The number of hydrogen-bond donors (Lipinski definition) is 4. The van der Waals surface area contributed by atoms with E-state index in [0.29, 0.717) is 6.54 Å². The van der Waals surface area contributed by atoms with E-state index in [-0.39, 0.29) is 0 Å². The number of nitrogens with zero attached hydrogens (tertiary/aromatic N) is 3. The highest BCUT2D eigenvalue weighted by molar-refractivity contribution is 8.77. The topological polar surface area (TPSA) is 111 Å². The molecule has 0 radical (unpaired) electrons.